The second kappa shape index (κ2) is 5.80. The van der Waals surface area contributed by atoms with Crippen LogP contribution in [-0.4, -0.2) is 62.5 Å². The van der Waals surface area contributed by atoms with Crippen LogP contribution in [0, 0.1) is 6.92 Å². The quantitative estimate of drug-likeness (QED) is 0.794. The molecule has 7 nitrogen and oxygen atoms in total. The maximum atomic E-state index is 12.6. The largest absolute Gasteiger partial charge is 0.493 e. The van der Waals surface area contributed by atoms with Crippen LogP contribution in [0.2, 0.25) is 0 Å². The molecule has 0 amide bonds. The summed E-state index contributed by atoms with van der Waals surface area (Å²) in [5.74, 6) is 0.748. The van der Waals surface area contributed by atoms with Gasteiger partial charge in [-0.1, -0.05) is 0 Å². The Morgan fingerprint density at radius 3 is 2.05 bits per heavy atom. The highest BCUT2D eigenvalue weighted by Crippen LogP contribution is 2.34. The maximum absolute atomic E-state index is 12.6. The molecule has 1 aromatic carbocycles. The zero-order valence-corrected chi connectivity index (χ0v) is 12.9. The molecule has 1 aliphatic rings. The molecule has 1 saturated heterocycles. The highest BCUT2D eigenvalue weighted by molar-refractivity contribution is 7.89. The summed E-state index contributed by atoms with van der Waals surface area (Å²) in [5.41, 5.74) is 0.503. The predicted molar refractivity (Wildman–Crippen MR) is 75.1 cm³/mol. The molecule has 2 atom stereocenters. The van der Waals surface area contributed by atoms with Gasteiger partial charge in [0.2, 0.25) is 10.0 Å². The van der Waals surface area contributed by atoms with Gasteiger partial charge in [0.15, 0.2) is 11.5 Å². The maximum Gasteiger partial charge on any atom is 0.243 e. The van der Waals surface area contributed by atoms with Crippen molar-refractivity contribution in [2.24, 2.45) is 0 Å². The first kappa shape index (κ1) is 16.0. The van der Waals surface area contributed by atoms with E-state index in [9.17, 15) is 18.6 Å². The zero-order chi connectivity index (χ0) is 15.8. The second-order valence-corrected chi connectivity index (χ2v) is 6.84. The van der Waals surface area contributed by atoms with Crippen LogP contribution in [0.5, 0.6) is 11.5 Å². The smallest absolute Gasteiger partial charge is 0.243 e. The molecule has 8 heteroatoms. The van der Waals surface area contributed by atoms with Crippen LogP contribution < -0.4 is 9.47 Å². The number of methoxy groups -OCH3 is 2. The molecule has 0 radical (unpaired) electrons. The van der Waals surface area contributed by atoms with E-state index in [0.717, 1.165) is 4.31 Å². The van der Waals surface area contributed by atoms with E-state index in [1.807, 2.05) is 0 Å². The molecule has 1 heterocycles. The van der Waals surface area contributed by atoms with Gasteiger partial charge in [0, 0.05) is 19.2 Å². The van der Waals surface area contributed by atoms with Crippen molar-refractivity contribution in [2.75, 3.05) is 27.3 Å². The summed E-state index contributed by atoms with van der Waals surface area (Å²) < 4.78 is 36.6. The van der Waals surface area contributed by atoms with Gasteiger partial charge in [-0.2, -0.15) is 4.31 Å². The molecule has 1 aromatic rings. The van der Waals surface area contributed by atoms with Crippen molar-refractivity contribution >= 4 is 10.0 Å². The molecule has 118 valence electrons. The van der Waals surface area contributed by atoms with Crippen LogP contribution in [-0.2, 0) is 10.0 Å². The Balaban J connectivity index is 2.45. The summed E-state index contributed by atoms with van der Waals surface area (Å²) >= 11 is 0. The van der Waals surface area contributed by atoms with Crippen LogP contribution in [0.1, 0.15) is 5.56 Å². The normalized spacial score (nSPS) is 23.3. The van der Waals surface area contributed by atoms with E-state index >= 15 is 0 Å². The van der Waals surface area contributed by atoms with Crippen molar-refractivity contribution in [3.8, 4) is 11.5 Å². The lowest BCUT2D eigenvalue weighted by Crippen LogP contribution is -2.30. The van der Waals surface area contributed by atoms with Crippen LogP contribution in [0.3, 0.4) is 0 Å². The Morgan fingerprint density at radius 2 is 1.57 bits per heavy atom. The monoisotopic (exact) mass is 317 g/mol. The third-order valence-corrected chi connectivity index (χ3v) is 5.50. The highest BCUT2D eigenvalue weighted by Gasteiger charge is 2.38. The van der Waals surface area contributed by atoms with Crippen molar-refractivity contribution in [3.63, 3.8) is 0 Å². The third kappa shape index (κ3) is 2.84. The molecular weight excluding hydrogens is 298 g/mol. The average Bonchev–Trinajstić information content (AvgIpc) is 2.78. The van der Waals surface area contributed by atoms with Crippen molar-refractivity contribution in [1.82, 2.24) is 4.31 Å². The Hall–Kier alpha value is -1.35. The van der Waals surface area contributed by atoms with Crippen LogP contribution in [0.25, 0.3) is 0 Å². The number of benzene rings is 1. The molecule has 0 aromatic heterocycles. The number of aliphatic hydroxyl groups excluding tert-OH is 2. The van der Waals surface area contributed by atoms with Gasteiger partial charge in [-0.15, -0.1) is 0 Å². The fraction of sp³-hybridized carbons (Fsp3) is 0.538. The second-order valence-electron chi connectivity index (χ2n) is 4.93. The summed E-state index contributed by atoms with van der Waals surface area (Å²) in [6.07, 6.45) is -2.14. The summed E-state index contributed by atoms with van der Waals surface area (Å²) in [4.78, 5) is 0.0708. The van der Waals surface area contributed by atoms with Crippen molar-refractivity contribution < 1.29 is 28.1 Å². The van der Waals surface area contributed by atoms with E-state index in [1.54, 1.807) is 13.0 Å². The van der Waals surface area contributed by atoms with E-state index in [2.05, 4.69) is 0 Å². The SMILES string of the molecule is COc1cc(C)c(S(=O)(=O)N2CC(O)C(O)C2)cc1OC. The Kier molecular flexibility index (Phi) is 4.43. The van der Waals surface area contributed by atoms with E-state index < -0.39 is 22.2 Å². The molecule has 0 spiro atoms. The van der Waals surface area contributed by atoms with Crippen LogP contribution >= 0.6 is 0 Å². The summed E-state index contributed by atoms with van der Waals surface area (Å²) in [5, 5.41) is 19.1. The van der Waals surface area contributed by atoms with Gasteiger partial charge in [0.25, 0.3) is 0 Å². The van der Waals surface area contributed by atoms with Crippen molar-refractivity contribution in [3.05, 3.63) is 17.7 Å². The molecule has 2 N–H and O–H groups in total. The van der Waals surface area contributed by atoms with Gasteiger partial charge in [-0.3, -0.25) is 0 Å². The third-order valence-electron chi connectivity index (χ3n) is 3.52. The molecule has 0 bridgehead atoms. The number of ether oxygens (including phenoxy) is 2. The Morgan fingerprint density at radius 1 is 1.10 bits per heavy atom. The van der Waals surface area contributed by atoms with Gasteiger partial charge in [-0.25, -0.2) is 8.42 Å². The molecule has 0 aliphatic carbocycles. The molecule has 2 rings (SSSR count). The minimum absolute atomic E-state index is 0.0708. The Labute approximate surface area is 123 Å². The first-order valence-corrected chi connectivity index (χ1v) is 7.84. The molecule has 1 aliphatic heterocycles. The van der Waals surface area contributed by atoms with Crippen molar-refractivity contribution in [2.45, 2.75) is 24.0 Å². The average molecular weight is 317 g/mol. The number of rotatable bonds is 4. The van der Waals surface area contributed by atoms with E-state index in [0.29, 0.717) is 17.1 Å². The lowest BCUT2D eigenvalue weighted by atomic mass is 10.2. The number of hydrogen-bond donors (Lipinski definition) is 2. The molecule has 0 saturated carbocycles. The molecule has 21 heavy (non-hydrogen) atoms. The van der Waals surface area contributed by atoms with Gasteiger partial charge < -0.3 is 19.7 Å². The lowest BCUT2D eigenvalue weighted by molar-refractivity contribution is 0.0572. The number of β-amino-alcohol motifs (C(OH)–C–C–N with tert-alkyl or cyclic N) is 2. The Bertz CT molecular complexity index is 620. The predicted octanol–water partition coefficient (Wildman–Crippen LogP) is -0.262. The minimum atomic E-state index is -3.82. The minimum Gasteiger partial charge on any atom is -0.493 e. The topological polar surface area (TPSA) is 96.3 Å². The number of hydrogen-bond acceptors (Lipinski definition) is 6. The van der Waals surface area contributed by atoms with Gasteiger partial charge in [0.1, 0.15) is 0 Å². The summed E-state index contributed by atoms with van der Waals surface area (Å²) in [6.45, 7) is 1.40. The summed E-state index contributed by atoms with van der Waals surface area (Å²) in [7, 11) is -0.921. The lowest BCUT2D eigenvalue weighted by Gasteiger charge is -2.19. The highest BCUT2D eigenvalue weighted by atomic mass is 32.2. The first-order chi connectivity index (χ1) is 9.81. The molecular formula is C13H19NO6S. The van der Waals surface area contributed by atoms with Gasteiger partial charge in [0.05, 0.1) is 31.3 Å². The fourth-order valence-electron chi connectivity index (χ4n) is 2.31. The van der Waals surface area contributed by atoms with Gasteiger partial charge >= 0.3 is 0 Å². The summed E-state index contributed by atoms with van der Waals surface area (Å²) in [6, 6.07) is 2.97. The van der Waals surface area contributed by atoms with Crippen LogP contribution in [0.15, 0.2) is 17.0 Å². The number of sulfonamides is 1. The van der Waals surface area contributed by atoms with E-state index in [-0.39, 0.29) is 18.0 Å². The first-order valence-electron chi connectivity index (χ1n) is 6.40. The van der Waals surface area contributed by atoms with E-state index in [4.69, 9.17) is 9.47 Å². The number of aliphatic hydroxyl groups is 2. The molecule has 2 unspecified atom stereocenters. The van der Waals surface area contributed by atoms with Crippen molar-refractivity contribution in [1.29, 1.82) is 0 Å². The zero-order valence-electron chi connectivity index (χ0n) is 12.1. The molecule has 1 fully saturated rings. The standard InChI is InChI=1S/C13H19NO6S/c1-8-4-11(19-2)12(20-3)5-13(8)21(17,18)14-6-9(15)10(16)7-14/h4-5,9-10,15-16H,6-7H2,1-3H3. The van der Waals surface area contributed by atoms with E-state index in [1.165, 1.54) is 20.3 Å². The van der Waals surface area contributed by atoms with Gasteiger partial charge in [-0.05, 0) is 18.6 Å². The van der Waals surface area contributed by atoms with Crippen LogP contribution in [0.4, 0.5) is 0 Å². The number of aryl methyl sites for hydroxylation is 1. The number of nitrogens with zero attached hydrogens (tertiary/aromatic N) is 1. The fourth-order valence-corrected chi connectivity index (χ4v) is 4.01.